The molecule has 26 heavy (non-hydrogen) atoms. The predicted octanol–water partition coefficient (Wildman–Crippen LogP) is 4.68. The number of aromatic nitrogens is 3. The largest absolute Gasteiger partial charge is 0.510 e. The number of para-hydroxylation sites is 4. The van der Waals surface area contributed by atoms with E-state index in [0.717, 1.165) is 16.6 Å². The first-order chi connectivity index (χ1) is 12.7. The van der Waals surface area contributed by atoms with Crippen LogP contribution in [0.4, 0.5) is 0 Å². The lowest BCUT2D eigenvalue weighted by atomic mass is 10.2. The van der Waals surface area contributed by atoms with Crippen molar-refractivity contribution in [2.75, 3.05) is 0 Å². The summed E-state index contributed by atoms with van der Waals surface area (Å²) in [6.07, 6.45) is 0. The number of oxazole rings is 1. The van der Waals surface area contributed by atoms with Crippen LogP contribution in [0.2, 0.25) is 0 Å². The Hall–Kier alpha value is -3.24. The average molecular weight is 362 g/mol. The fraction of sp³-hybridized carbons (Fsp3) is 0.105. The van der Waals surface area contributed by atoms with Gasteiger partial charge in [-0.05, 0) is 31.2 Å². The SMILES string of the molecule is CC(Sc1nc2ccccc2o1)/C(O)=C(\C#N)c1nc2ccccc2[nH]1. The summed E-state index contributed by atoms with van der Waals surface area (Å²) in [5.41, 5.74) is 3.09. The van der Waals surface area contributed by atoms with Gasteiger partial charge in [0.2, 0.25) is 0 Å². The molecule has 4 aromatic rings. The molecule has 2 aromatic carbocycles. The molecule has 0 aliphatic carbocycles. The van der Waals surface area contributed by atoms with Gasteiger partial charge in [-0.3, -0.25) is 0 Å². The number of aliphatic hydroxyl groups is 1. The van der Waals surface area contributed by atoms with E-state index in [1.807, 2.05) is 54.6 Å². The average Bonchev–Trinajstić information content (AvgIpc) is 3.25. The van der Waals surface area contributed by atoms with Gasteiger partial charge in [-0.25, -0.2) is 9.97 Å². The van der Waals surface area contributed by atoms with Crippen molar-refractivity contribution in [3.05, 3.63) is 60.1 Å². The number of fused-ring (bicyclic) bond motifs is 2. The van der Waals surface area contributed by atoms with E-state index in [0.29, 0.717) is 16.6 Å². The molecule has 1 atom stereocenters. The quantitative estimate of drug-likeness (QED) is 0.311. The molecule has 0 spiro atoms. The number of allylic oxidation sites excluding steroid dienone is 1. The van der Waals surface area contributed by atoms with Gasteiger partial charge in [0.1, 0.15) is 22.9 Å². The van der Waals surface area contributed by atoms with Crippen molar-refractivity contribution in [3.8, 4) is 6.07 Å². The van der Waals surface area contributed by atoms with Crippen molar-refractivity contribution >= 4 is 39.5 Å². The summed E-state index contributed by atoms with van der Waals surface area (Å²) in [6, 6.07) is 17.0. The molecular weight excluding hydrogens is 348 g/mol. The molecule has 2 N–H and O–H groups in total. The highest BCUT2D eigenvalue weighted by Gasteiger charge is 2.21. The zero-order chi connectivity index (χ0) is 18.1. The fourth-order valence-corrected chi connectivity index (χ4v) is 3.44. The molecule has 2 aromatic heterocycles. The second kappa shape index (κ2) is 6.58. The number of aliphatic hydroxyl groups excluding tert-OH is 1. The lowest BCUT2D eigenvalue weighted by molar-refractivity contribution is 0.400. The van der Waals surface area contributed by atoms with E-state index in [1.54, 1.807) is 6.92 Å². The van der Waals surface area contributed by atoms with Gasteiger partial charge in [0.25, 0.3) is 5.22 Å². The first kappa shape index (κ1) is 16.2. The van der Waals surface area contributed by atoms with Crippen LogP contribution >= 0.6 is 11.8 Å². The summed E-state index contributed by atoms with van der Waals surface area (Å²) in [7, 11) is 0. The van der Waals surface area contributed by atoms with Crippen molar-refractivity contribution in [2.24, 2.45) is 0 Å². The Bertz CT molecular complexity index is 1100. The zero-order valence-corrected chi connectivity index (χ0v) is 14.6. The molecule has 0 bridgehead atoms. The minimum atomic E-state index is -0.425. The van der Waals surface area contributed by atoms with Crippen LogP contribution in [0.1, 0.15) is 12.7 Å². The second-order valence-electron chi connectivity index (χ2n) is 5.68. The minimum Gasteiger partial charge on any atom is -0.510 e. The third-order valence-electron chi connectivity index (χ3n) is 3.93. The monoisotopic (exact) mass is 362 g/mol. The van der Waals surface area contributed by atoms with Crippen molar-refractivity contribution in [1.82, 2.24) is 15.0 Å². The van der Waals surface area contributed by atoms with E-state index in [-0.39, 0.29) is 11.3 Å². The molecule has 7 heteroatoms. The number of thioether (sulfide) groups is 1. The van der Waals surface area contributed by atoms with Crippen molar-refractivity contribution < 1.29 is 9.52 Å². The van der Waals surface area contributed by atoms with Crippen LogP contribution < -0.4 is 0 Å². The number of H-pyrrole nitrogens is 1. The molecule has 0 amide bonds. The highest BCUT2D eigenvalue weighted by Crippen LogP contribution is 2.31. The van der Waals surface area contributed by atoms with E-state index >= 15 is 0 Å². The summed E-state index contributed by atoms with van der Waals surface area (Å²) in [6.45, 7) is 1.79. The highest BCUT2D eigenvalue weighted by atomic mass is 32.2. The van der Waals surface area contributed by atoms with Gasteiger partial charge in [0, 0.05) is 0 Å². The van der Waals surface area contributed by atoms with Crippen molar-refractivity contribution in [1.29, 1.82) is 5.26 Å². The topological polar surface area (TPSA) is 98.7 Å². The number of nitrogens with zero attached hydrogens (tertiary/aromatic N) is 3. The second-order valence-corrected chi connectivity index (χ2v) is 6.97. The van der Waals surface area contributed by atoms with Crippen LogP contribution in [-0.2, 0) is 0 Å². The molecule has 128 valence electrons. The Balaban J connectivity index is 1.66. The van der Waals surface area contributed by atoms with E-state index in [4.69, 9.17) is 4.42 Å². The Morgan fingerprint density at radius 3 is 2.62 bits per heavy atom. The zero-order valence-electron chi connectivity index (χ0n) is 13.8. The number of rotatable bonds is 4. The molecule has 0 aliphatic heterocycles. The smallest absolute Gasteiger partial charge is 0.257 e. The molecule has 4 rings (SSSR count). The van der Waals surface area contributed by atoms with Crippen molar-refractivity contribution in [2.45, 2.75) is 17.4 Å². The van der Waals surface area contributed by atoms with Crippen LogP contribution in [0.15, 0.2) is 63.9 Å². The molecule has 1 unspecified atom stereocenters. The molecule has 0 saturated heterocycles. The lowest BCUT2D eigenvalue weighted by Crippen LogP contribution is -2.04. The number of imidazole rings is 1. The standard InChI is InChI=1S/C19H14N4O2S/c1-11(26-19-23-15-8-4-5-9-16(15)25-19)17(24)12(10-20)18-21-13-6-2-3-7-14(13)22-18/h2-9,11,24H,1H3,(H,21,22)/b17-12-. The molecule has 6 nitrogen and oxygen atoms in total. The van der Waals surface area contributed by atoms with Gasteiger partial charge in [-0.15, -0.1) is 0 Å². The Morgan fingerprint density at radius 1 is 1.15 bits per heavy atom. The molecule has 2 heterocycles. The van der Waals surface area contributed by atoms with Crippen LogP contribution in [-0.4, -0.2) is 25.3 Å². The first-order valence-electron chi connectivity index (χ1n) is 7.96. The molecule has 0 saturated carbocycles. The van der Waals surface area contributed by atoms with Crippen molar-refractivity contribution in [3.63, 3.8) is 0 Å². The van der Waals surface area contributed by atoms with E-state index in [9.17, 15) is 10.4 Å². The van der Waals surface area contributed by atoms with Gasteiger partial charge in [-0.1, -0.05) is 36.0 Å². The maximum atomic E-state index is 10.6. The number of aromatic amines is 1. The molecule has 0 aliphatic rings. The normalized spacial score (nSPS) is 13.5. The summed E-state index contributed by atoms with van der Waals surface area (Å²) in [5, 5.41) is 20.1. The third kappa shape index (κ3) is 2.91. The Morgan fingerprint density at radius 2 is 1.88 bits per heavy atom. The number of benzene rings is 2. The highest BCUT2D eigenvalue weighted by molar-refractivity contribution is 7.99. The number of nitrogens with one attached hydrogen (secondary N) is 1. The van der Waals surface area contributed by atoms with Crippen LogP contribution in [0, 0.1) is 11.3 Å². The molecular formula is C19H14N4O2S. The van der Waals surface area contributed by atoms with Crippen LogP contribution in [0.3, 0.4) is 0 Å². The molecule has 0 radical (unpaired) electrons. The minimum absolute atomic E-state index is 0.0705. The molecule has 0 fully saturated rings. The van der Waals surface area contributed by atoms with E-state index in [1.165, 1.54) is 11.8 Å². The summed E-state index contributed by atoms with van der Waals surface area (Å²) in [4.78, 5) is 11.8. The summed E-state index contributed by atoms with van der Waals surface area (Å²) < 4.78 is 5.67. The third-order valence-corrected chi connectivity index (χ3v) is 4.88. The van der Waals surface area contributed by atoms with Crippen LogP contribution in [0.5, 0.6) is 0 Å². The van der Waals surface area contributed by atoms with E-state index in [2.05, 4.69) is 15.0 Å². The van der Waals surface area contributed by atoms with Gasteiger partial charge in [0.05, 0.1) is 16.3 Å². The number of hydrogen-bond acceptors (Lipinski definition) is 6. The van der Waals surface area contributed by atoms with Crippen LogP contribution in [0.25, 0.3) is 27.7 Å². The van der Waals surface area contributed by atoms with Gasteiger partial charge >= 0.3 is 0 Å². The summed E-state index contributed by atoms with van der Waals surface area (Å²) >= 11 is 1.24. The maximum Gasteiger partial charge on any atom is 0.257 e. The predicted molar refractivity (Wildman–Crippen MR) is 101 cm³/mol. The first-order valence-corrected chi connectivity index (χ1v) is 8.84. The van der Waals surface area contributed by atoms with E-state index < -0.39 is 5.25 Å². The summed E-state index contributed by atoms with van der Waals surface area (Å²) in [5.74, 6) is 0.273. The van der Waals surface area contributed by atoms with Gasteiger partial charge in [0.15, 0.2) is 11.4 Å². The Labute approximate surface area is 153 Å². The maximum absolute atomic E-state index is 10.6. The lowest BCUT2D eigenvalue weighted by Gasteiger charge is -2.09. The number of nitriles is 1. The van der Waals surface area contributed by atoms with Gasteiger partial charge < -0.3 is 14.5 Å². The fourth-order valence-electron chi connectivity index (χ4n) is 2.61. The van der Waals surface area contributed by atoms with Gasteiger partial charge in [-0.2, -0.15) is 5.26 Å². The number of hydrogen-bond donors (Lipinski definition) is 2. The Kier molecular flexibility index (Phi) is 4.11.